The molecule has 0 unspecified atom stereocenters. The summed E-state index contributed by atoms with van der Waals surface area (Å²) in [6, 6.07) is 5.32. The van der Waals surface area contributed by atoms with E-state index < -0.39 is 0 Å². The second-order valence-corrected chi connectivity index (χ2v) is 4.36. The average Bonchev–Trinajstić information content (AvgIpc) is 2.32. The Labute approximate surface area is 105 Å². The Bertz CT molecular complexity index is 671. The van der Waals surface area contributed by atoms with E-state index in [2.05, 4.69) is 4.74 Å². The maximum Gasteiger partial charge on any atom is 0.325 e. The van der Waals surface area contributed by atoms with Crippen molar-refractivity contribution in [1.82, 2.24) is 4.57 Å². The molecule has 0 atom stereocenters. The van der Waals surface area contributed by atoms with Gasteiger partial charge in [0.1, 0.15) is 6.54 Å². The Morgan fingerprint density at radius 2 is 2.06 bits per heavy atom. The summed E-state index contributed by atoms with van der Waals surface area (Å²) in [6.07, 6.45) is 1.63. The van der Waals surface area contributed by atoms with Gasteiger partial charge in [-0.25, -0.2) is 0 Å². The first-order chi connectivity index (χ1) is 8.52. The highest BCUT2D eigenvalue weighted by atomic mass is 16.5. The highest BCUT2D eigenvalue weighted by molar-refractivity contribution is 5.84. The number of aromatic nitrogens is 1. The lowest BCUT2D eigenvalue weighted by Gasteiger charge is -2.12. The highest BCUT2D eigenvalue weighted by Crippen LogP contribution is 2.17. The number of nitrogens with zero attached hydrogens (tertiary/aromatic N) is 1. The SMILES string of the molecule is COC(=O)Cn1ccc(=O)c2cc(C)cc(C)c21. The molecule has 0 saturated heterocycles. The zero-order valence-corrected chi connectivity index (χ0v) is 10.7. The number of esters is 1. The zero-order valence-electron chi connectivity index (χ0n) is 10.7. The molecule has 0 amide bonds. The number of benzene rings is 1. The third-order valence-corrected chi connectivity index (χ3v) is 2.93. The fourth-order valence-electron chi connectivity index (χ4n) is 2.19. The average molecular weight is 245 g/mol. The van der Waals surface area contributed by atoms with E-state index >= 15 is 0 Å². The number of ether oxygens (including phenoxy) is 1. The second-order valence-electron chi connectivity index (χ2n) is 4.36. The number of hydrogen-bond donors (Lipinski definition) is 0. The lowest BCUT2D eigenvalue weighted by atomic mass is 10.1. The third kappa shape index (κ3) is 2.14. The van der Waals surface area contributed by atoms with Crippen molar-refractivity contribution in [3.8, 4) is 0 Å². The van der Waals surface area contributed by atoms with E-state index in [0.29, 0.717) is 5.39 Å². The molecule has 0 spiro atoms. The van der Waals surface area contributed by atoms with Crippen LogP contribution < -0.4 is 5.43 Å². The monoisotopic (exact) mass is 245 g/mol. The first kappa shape index (κ1) is 12.4. The summed E-state index contributed by atoms with van der Waals surface area (Å²) in [5.74, 6) is -0.333. The number of hydrogen-bond acceptors (Lipinski definition) is 3. The van der Waals surface area contributed by atoms with Crippen LogP contribution >= 0.6 is 0 Å². The number of fused-ring (bicyclic) bond motifs is 1. The van der Waals surface area contributed by atoms with E-state index in [9.17, 15) is 9.59 Å². The van der Waals surface area contributed by atoms with Crippen molar-refractivity contribution in [3.05, 3.63) is 45.7 Å². The van der Waals surface area contributed by atoms with Crippen LogP contribution in [0.25, 0.3) is 10.9 Å². The Balaban J connectivity index is 2.73. The Hall–Kier alpha value is -2.10. The van der Waals surface area contributed by atoms with Crippen LogP contribution in [0.4, 0.5) is 0 Å². The van der Waals surface area contributed by atoms with Crippen LogP contribution in [0.3, 0.4) is 0 Å². The first-order valence-electron chi connectivity index (χ1n) is 5.70. The smallest absolute Gasteiger partial charge is 0.325 e. The number of methoxy groups -OCH3 is 1. The first-order valence-corrected chi connectivity index (χ1v) is 5.70. The summed E-state index contributed by atoms with van der Waals surface area (Å²) < 4.78 is 6.41. The van der Waals surface area contributed by atoms with Crippen molar-refractivity contribution in [3.63, 3.8) is 0 Å². The standard InChI is InChI=1S/C14H15NO3/c1-9-6-10(2)14-11(7-9)12(16)4-5-15(14)8-13(17)18-3/h4-7H,8H2,1-3H3. The van der Waals surface area contributed by atoms with Gasteiger partial charge in [-0.2, -0.15) is 0 Å². The van der Waals surface area contributed by atoms with Gasteiger partial charge in [0.25, 0.3) is 0 Å². The Kier molecular flexibility index (Phi) is 3.19. The van der Waals surface area contributed by atoms with E-state index in [1.807, 2.05) is 26.0 Å². The predicted molar refractivity (Wildman–Crippen MR) is 69.7 cm³/mol. The molecule has 1 aromatic carbocycles. The van der Waals surface area contributed by atoms with Gasteiger partial charge in [-0.05, 0) is 31.0 Å². The minimum Gasteiger partial charge on any atom is -0.468 e. The number of carbonyl (C=O) groups excluding carboxylic acids is 1. The van der Waals surface area contributed by atoms with E-state index in [1.165, 1.54) is 13.2 Å². The lowest BCUT2D eigenvalue weighted by molar-refractivity contribution is -0.141. The summed E-state index contributed by atoms with van der Waals surface area (Å²) >= 11 is 0. The van der Waals surface area contributed by atoms with Gasteiger partial charge in [-0.1, -0.05) is 6.07 Å². The van der Waals surface area contributed by atoms with Crippen molar-refractivity contribution in [2.24, 2.45) is 0 Å². The molecule has 4 heteroatoms. The van der Waals surface area contributed by atoms with Gasteiger partial charge in [0, 0.05) is 17.6 Å². The van der Waals surface area contributed by atoms with Crippen LogP contribution in [0.2, 0.25) is 0 Å². The van der Waals surface area contributed by atoms with Crippen LogP contribution in [-0.2, 0) is 16.1 Å². The molecule has 2 aromatic rings. The minimum atomic E-state index is -0.333. The van der Waals surface area contributed by atoms with Crippen molar-refractivity contribution in [1.29, 1.82) is 0 Å². The summed E-state index contributed by atoms with van der Waals surface area (Å²) in [4.78, 5) is 23.2. The fraction of sp³-hybridized carbons (Fsp3) is 0.286. The van der Waals surface area contributed by atoms with E-state index in [-0.39, 0.29) is 17.9 Å². The van der Waals surface area contributed by atoms with Crippen LogP contribution in [0, 0.1) is 13.8 Å². The van der Waals surface area contributed by atoms with Gasteiger partial charge >= 0.3 is 5.97 Å². The molecular weight excluding hydrogens is 230 g/mol. The Morgan fingerprint density at radius 1 is 1.33 bits per heavy atom. The van der Waals surface area contributed by atoms with E-state index in [1.54, 1.807) is 10.8 Å². The topological polar surface area (TPSA) is 48.3 Å². The van der Waals surface area contributed by atoms with Crippen molar-refractivity contribution in [2.75, 3.05) is 7.11 Å². The summed E-state index contributed by atoms with van der Waals surface area (Å²) in [7, 11) is 1.35. The molecule has 1 aromatic heterocycles. The maximum absolute atomic E-state index is 11.9. The van der Waals surface area contributed by atoms with Gasteiger partial charge in [0.2, 0.25) is 0 Å². The molecule has 0 bridgehead atoms. The van der Waals surface area contributed by atoms with Crippen molar-refractivity contribution >= 4 is 16.9 Å². The molecule has 1 heterocycles. The van der Waals surface area contributed by atoms with Crippen LogP contribution in [0.1, 0.15) is 11.1 Å². The molecule has 0 aliphatic rings. The van der Waals surface area contributed by atoms with Gasteiger partial charge in [0.15, 0.2) is 5.43 Å². The fourth-order valence-corrected chi connectivity index (χ4v) is 2.19. The quantitative estimate of drug-likeness (QED) is 0.758. The summed E-state index contributed by atoms with van der Waals surface area (Å²) in [6.45, 7) is 3.99. The minimum absolute atomic E-state index is 0.0297. The zero-order chi connectivity index (χ0) is 13.3. The second kappa shape index (κ2) is 4.64. The third-order valence-electron chi connectivity index (χ3n) is 2.93. The summed E-state index contributed by atoms with van der Waals surface area (Å²) in [5, 5.41) is 0.638. The molecule has 4 nitrogen and oxygen atoms in total. The van der Waals surface area contributed by atoms with E-state index in [4.69, 9.17) is 0 Å². The predicted octanol–water partition coefficient (Wildman–Crippen LogP) is 1.79. The number of pyridine rings is 1. The molecule has 94 valence electrons. The lowest BCUT2D eigenvalue weighted by Crippen LogP contribution is -2.15. The molecule has 0 aliphatic heterocycles. The van der Waals surface area contributed by atoms with Gasteiger partial charge in [-0.3, -0.25) is 9.59 Å². The van der Waals surface area contributed by atoms with E-state index in [0.717, 1.165) is 16.6 Å². The molecule has 2 rings (SSSR count). The van der Waals surface area contributed by atoms with Gasteiger partial charge in [0.05, 0.1) is 12.6 Å². The van der Waals surface area contributed by atoms with Crippen LogP contribution in [0.5, 0.6) is 0 Å². The molecular formula is C14H15NO3. The molecule has 0 N–H and O–H groups in total. The highest BCUT2D eigenvalue weighted by Gasteiger charge is 2.09. The Morgan fingerprint density at radius 3 is 2.72 bits per heavy atom. The van der Waals surface area contributed by atoms with Crippen molar-refractivity contribution in [2.45, 2.75) is 20.4 Å². The van der Waals surface area contributed by atoms with Gasteiger partial charge < -0.3 is 9.30 Å². The number of carbonyl (C=O) groups is 1. The van der Waals surface area contributed by atoms with Crippen LogP contribution in [-0.4, -0.2) is 17.6 Å². The van der Waals surface area contributed by atoms with Gasteiger partial charge in [-0.15, -0.1) is 0 Å². The maximum atomic E-state index is 11.9. The normalized spacial score (nSPS) is 10.6. The molecule has 0 fully saturated rings. The van der Waals surface area contributed by atoms with Crippen molar-refractivity contribution < 1.29 is 9.53 Å². The molecule has 18 heavy (non-hydrogen) atoms. The number of rotatable bonds is 2. The molecule has 0 saturated carbocycles. The number of aryl methyl sites for hydroxylation is 2. The molecule has 0 aliphatic carbocycles. The summed E-state index contributed by atoms with van der Waals surface area (Å²) in [5.41, 5.74) is 2.77. The molecule has 0 radical (unpaired) electrons. The van der Waals surface area contributed by atoms with Crippen LogP contribution in [0.15, 0.2) is 29.2 Å². The largest absolute Gasteiger partial charge is 0.468 e.